The maximum atomic E-state index is 14.8. The van der Waals surface area contributed by atoms with Gasteiger partial charge in [-0.15, -0.1) is 0 Å². The number of amides is 1. The molecule has 2 rings (SSSR count). The Kier molecular flexibility index (Phi) is 8.50. The first-order valence-electron chi connectivity index (χ1n) is 10.1. The monoisotopic (exact) mass is 409 g/mol. The second-order valence-corrected chi connectivity index (χ2v) is 7.27. The van der Waals surface area contributed by atoms with Crippen LogP contribution in [0.15, 0.2) is 11.9 Å². The lowest BCUT2D eigenvalue weighted by Gasteiger charge is -2.24. The minimum absolute atomic E-state index is 0.00162. The summed E-state index contributed by atoms with van der Waals surface area (Å²) < 4.78 is 25.8. The van der Waals surface area contributed by atoms with E-state index in [9.17, 15) is 9.18 Å². The number of rotatable bonds is 8. The normalized spacial score (nSPS) is 15.5. The molecule has 0 atom stereocenters. The molecule has 0 bridgehead atoms. The fourth-order valence-electron chi connectivity index (χ4n) is 3.13. The Morgan fingerprint density at radius 3 is 2.69 bits per heavy atom. The molecular weight excluding hydrogens is 377 g/mol. The first kappa shape index (κ1) is 22.7. The van der Waals surface area contributed by atoms with Gasteiger partial charge in [-0.1, -0.05) is 19.8 Å². The number of carbonyl (C=O) groups is 1. The van der Waals surface area contributed by atoms with Crippen molar-refractivity contribution in [1.29, 1.82) is 0 Å². The largest absolute Gasteiger partial charge is 0.488 e. The highest BCUT2D eigenvalue weighted by Gasteiger charge is 2.21. The number of nitrogens with zero attached hydrogens (tertiary/aromatic N) is 2. The number of hydrazine groups is 1. The second-order valence-electron chi connectivity index (χ2n) is 7.27. The summed E-state index contributed by atoms with van der Waals surface area (Å²) in [6, 6.07) is 1.28. The first-order chi connectivity index (χ1) is 13.8. The summed E-state index contributed by atoms with van der Waals surface area (Å²) in [7, 11) is 1.47. The smallest absolute Gasteiger partial charge is 0.412 e. The molecule has 0 spiro atoms. The molecule has 29 heavy (non-hydrogen) atoms. The molecule has 1 aliphatic carbocycles. The van der Waals surface area contributed by atoms with Crippen LogP contribution in [0.3, 0.4) is 0 Å². The van der Waals surface area contributed by atoms with Crippen molar-refractivity contribution >= 4 is 11.8 Å². The molecule has 0 saturated heterocycles. The average molecular weight is 410 g/mol. The predicted molar refractivity (Wildman–Crippen MR) is 109 cm³/mol. The van der Waals surface area contributed by atoms with Crippen molar-refractivity contribution in [2.75, 3.05) is 13.7 Å². The fourth-order valence-corrected chi connectivity index (χ4v) is 3.13. The van der Waals surface area contributed by atoms with Gasteiger partial charge in [-0.25, -0.2) is 20.0 Å². The minimum Gasteiger partial charge on any atom is -0.488 e. The van der Waals surface area contributed by atoms with Crippen molar-refractivity contribution in [3.63, 3.8) is 0 Å². The molecule has 1 aromatic heterocycles. The van der Waals surface area contributed by atoms with Crippen LogP contribution in [0.4, 0.5) is 9.18 Å². The molecule has 1 saturated carbocycles. The van der Waals surface area contributed by atoms with Crippen molar-refractivity contribution in [3.05, 3.63) is 29.1 Å². The topological polar surface area (TPSA) is 116 Å². The Balaban J connectivity index is 2.22. The van der Waals surface area contributed by atoms with Crippen LogP contribution in [0.25, 0.3) is 5.70 Å². The van der Waals surface area contributed by atoms with Gasteiger partial charge in [0, 0.05) is 13.1 Å². The Bertz CT molecular complexity index is 733. The molecular formula is C20H32FN5O3. The van der Waals surface area contributed by atoms with Crippen LogP contribution in [-0.4, -0.2) is 35.8 Å². The fraction of sp³-hybridized carbons (Fsp3) is 0.600. The van der Waals surface area contributed by atoms with Gasteiger partial charge in [-0.05, 0) is 39.0 Å². The summed E-state index contributed by atoms with van der Waals surface area (Å²) in [4.78, 5) is 16.2. The number of carbonyl (C=O) groups excluding carboxylic acids is 1. The van der Waals surface area contributed by atoms with Gasteiger partial charge in [0.25, 0.3) is 0 Å². The highest BCUT2D eigenvalue weighted by atomic mass is 19.1. The first-order valence-corrected chi connectivity index (χ1v) is 10.1. The van der Waals surface area contributed by atoms with Gasteiger partial charge < -0.3 is 15.2 Å². The number of ether oxygens (including phenoxy) is 2. The zero-order chi connectivity index (χ0) is 21.4. The average Bonchev–Trinajstić information content (AvgIpc) is 2.69. The molecule has 0 radical (unpaired) electrons. The van der Waals surface area contributed by atoms with Gasteiger partial charge >= 0.3 is 6.09 Å². The van der Waals surface area contributed by atoms with Gasteiger partial charge in [-0.2, -0.15) is 0 Å². The van der Waals surface area contributed by atoms with E-state index in [1.807, 2.05) is 6.92 Å². The maximum absolute atomic E-state index is 14.8. The number of hydrogen-bond donors (Lipinski definition) is 3. The zero-order valence-electron chi connectivity index (χ0n) is 17.5. The summed E-state index contributed by atoms with van der Waals surface area (Å²) in [5.41, 5.74) is 6.39. The van der Waals surface area contributed by atoms with Gasteiger partial charge in [-0.3, -0.25) is 10.3 Å². The summed E-state index contributed by atoms with van der Waals surface area (Å²) >= 11 is 0. The number of alkyl carbamates (subject to hydrolysis) is 1. The molecule has 0 aromatic carbocycles. The molecule has 1 amide bonds. The second kappa shape index (κ2) is 10.8. The quantitative estimate of drug-likeness (QED) is 0.343. The van der Waals surface area contributed by atoms with Crippen LogP contribution in [-0.2, 0) is 4.74 Å². The number of nitrogens with one attached hydrogen (secondary N) is 1. The molecule has 162 valence electrons. The van der Waals surface area contributed by atoms with E-state index in [0.29, 0.717) is 11.4 Å². The summed E-state index contributed by atoms with van der Waals surface area (Å²) in [6.45, 7) is 3.98. The summed E-state index contributed by atoms with van der Waals surface area (Å²) in [5.74, 6) is 5.52. The Morgan fingerprint density at radius 2 is 2.07 bits per heavy atom. The van der Waals surface area contributed by atoms with Crippen molar-refractivity contribution < 1.29 is 18.7 Å². The number of aryl methyl sites for hydroxylation is 1. The molecule has 1 fully saturated rings. The van der Waals surface area contributed by atoms with E-state index in [4.69, 9.17) is 21.1 Å². The van der Waals surface area contributed by atoms with Crippen molar-refractivity contribution in [1.82, 2.24) is 15.3 Å². The summed E-state index contributed by atoms with van der Waals surface area (Å²) in [6.07, 6.45) is 6.31. The van der Waals surface area contributed by atoms with E-state index in [1.54, 1.807) is 6.92 Å². The van der Waals surface area contributed by atoms with Gasteiger partial charge in [0.2, 0.25) is 0 Å². The molecule has 1 aliphatic rings. The highest BCUT2D eigenvalue weighted by Crippen LogP contribution is 2.28. The lowest BCUT2D eigenvalue weighted by atomic mass is 9.98. The number of nitrogens with two attached hydrogens (primary N) is 2. The van der Waals surface area contributed by atoms with E-state index in [1.165, 1.54) is 19.5 Å². The number of aromatic nitrogens is 1. The molecule has 5 N–H and O–H groups in total. The van der Waals surface area contributed by atoms with E-state index in [2.05, 4.69) is 10.3 Å². The standard InChI is InChI=1S/C20H32FN5O3/c1-4-5-11-28-20(27)25-19(26(3)23)17(22)18-15(21)12-16(13(2)24-18)29-14-9-7-6-8-10-14/h12,14H,4-11,22-23H2,1-3H3,(H,25,27)/b19-17-. The lowest BCUT2D eigenvalue weighted by molar-refractivity contribution is 0.144. The van der Waals surface area contributed by atoms with Crippen LogP contribution in [0.1, 0.15) is 63.3 Å². The molecule has 1 heterocycles. The van der Waals surface area contributed by atoms with Crippen LogP contribution in [0, 0.1) is 12.7 Å². The predicted octanol–water partition coefficient (Wildman–Crippen LogP) is 3.16. The summed E-state index contributed by atoms with van der Waals surface area (Å²) in [5, 5.41) is 3.54. The maximum Gasteiger partial charge on any atom is 0.412 e. The number of halogens is 1. The molecule has 8 nitrogen and oxygen atoms in total. The van der Waals surface area contributed by atoms with E-state index in [-0.39, 0.29) is 29.9 Å². The van der Waals surface area contributed by atoms with Gasteiger partial charge in [0.15, 0.2) is 11.6 Å². The molecule has 1 aromatic rings. The van der Waals surface area contributed by atoms with Crippen LogP contribution >= 0.6 is 0 Å². The highest BCUT2D eigenvalue weighted by molar-refractivity contribution is 5.74. The number of pyridine rings is 1. The van der Waals surface area contributed by atoms with Crippen molar-refractivity contribution in [2.45, 2.75) is 64.9 Å². The molecule has 0 unspecified atom stereocenters. The minimum atomic E-state index is -0.719. The van der Waals surface area contributed by atoms with Crippen LogP contribution < -0.4 is 21.6 Å². The third-order valence-electron chi connectivity index (χ3n) is 4.78. The number of hydrogen-bond acceptors (Lipinski definition) is 7. The lowest BCUT2D eigenvalue weighted by Crippen LogP contribution is -2.39. The Labute approximate surface area is 171 Å². The van der Waals surface area contributed by atoms with E-state index < -0.39 is 11.9 Å². The number of unbranched alkanes of at least 4 members (excludes halogenated alkanes) is 1. The van der Waals surface area contributed by atoms with Crippen LogP contribution in [0.5, 0.6) is 5.75 Å². The third-order valence-corrected chi connectivity index (χ3v) is 4.78. The van der Waals surface area contributed by atoms with Crippen LogP contribution in [0.2, 0.25) is 0 Å². The third kappa shape index (κ3) is 6.49. The van der Waals surface area contributed by atoms with Crippen molar-refractivity contribution in [2.24, 2.45) is 11.6 Å². The van der Waals surface area contributed by atoms with E-state index >= 15 is 0 Å². The molecule has 9 heteroatoms. The molecule has 0 aliphatic heterocycles. The SMILES string of the molecule is CCCCOC(=O)N/C(=C(/N)c1nc(C)c(OC2CCCCC2)cc1F)N(C)N. The zero-order valence-corrected chi connectivity index (χ0v) is 17.5. The van der Waals surface area contributed by atoms with Crippen molar-refractivity contribution in [3.8, 4) is 5.75 Å². The Hall–Kier alpha value is -2.55. The van der Waals surface area contributed by atoms with E-state index in [0.717, 1.165) is 43.5 Å². The Morgan fingerprint density at radius 1 is 1.38 bits per heavy atom. The van der Waals surface area contributed by atoms with Gasteiger partial charge in [0.05, 0.1) is 18.4 Å². The van der Waals surface area contributed by atoms with Gasteiger partial charge in [0.1, 0.15) is 17.1 Å².